The highest BCUT2D eigenvalue weighted by atomic mass is 19.4. The summed E-state index contributed by atoms with van der Waals surface area (Å²) in [5, 5.41) is 6.96. The molecule has 0 radical (unpaired) electrons. The number of hydrogen-bond donors (Lipinski definition) is 2. The topological polar surface area (TPSA) is 123 Å². The van der Waals surface area contributed by atoms with Gasteiger partial charge in [0.25, 0.3) is 5.91 Å². The van der Waals surface area contributed by atoms with Crippen LogP contribution in [-0.4, -0.2) is 38.4 Å². The summed E-state index contributed by atoms with van der Waals surface area (Å²) < 4.78 is 42.4. The van der Waals surface area contributed by atoms with Crippen molar-refractivity contribution in [2.24, 2.45) is 11.7 Å². The maximum atomic E-state index is 13.8. The van der Waals surface area contributed by atoms with Crippen LogP contribution in [0.2, 0.25) is 0 Å². The Morgan fingerprint density at radius 2 is 1.83 bits per heavy atom. The Hall–Kier alpha value is -4.74. The molecule has 1 saturated heterocycles. The fraction of sp³-hybridized carbons (Fsp3) is 0.276. The van der Waals surface area contributed by atoms with E-state index < -0.39 is 29.4 Å². The molecule has 41 heavy (non-hydrogen) atoms. The molecule has 2 aromatic carbocycles. The van der Waals surface area contributed by atoms with Gasteiger partial charge in [0.05, 0.1) is 11.9 Å². The number of carbonyl (C=O) groups is 3. The van der Waals surface area contributed by atoms with E-state index >= 15 is 0 Å². The number of alkyl halides is 3. The summed E-state index contributed by atoms with van der Waals surface area (Å²) in [5.41, 5.74) is 6.19. The van der Waals surface area contributed by atoms with Crippen molar-refractivity contribution in [1.29, 1.82) is 0 Å². The van der Waals surface area contributed by atoms with Gasteiger partial charge in [0.1, 0.15) is 5.52 Å². The van der Waals surface area contributed by atoms with Crippen LogP contribution in [0.3, 0.4) is 0 Å². The zero-order chi connectivity index (χ0) is 29.6. The summed E-state index contributed by atoms with van der Waals surface area (Å²) in [4.78, 5) is 43.0. The van der Waals surface area contributed by atoms with Crippen molar-refractivity contribution in [3.8, 4) is 11.3 Å². The number of rotatable bonds is 6. The quantitative estimate of drug-likeness (QED) is 0.338. The van der Waals surface area contributed by atoms with Gasteiger partial charge in [0.15, 0.2) is 11.4 Å². The highest BCUT2D eigenvalue weighted by Gasteiger charge is 2.37. The highest BCUT2D eigenvalue weighted by Crippen LogP contribution is 2.35. The first-order valence-corrected chi connectivity index (χ1v) is 13.0. The summed E-state index contributed by atoms with van der Waals surface area (Å²) in [7, 11) is 0. The lowest BCUT2D eigenvalue weighted by Gasteiger charge is -2.22. The number of hydrogen-bond acceptors (Lipinski definition) is 5. The molecule has 0 spiro atoms. The van der Waals surface area contributed by atoms with E-state index in [0.717, 1.165) is 22.8 Å². The Morgan fingerprint density at radius 3 is 2.41 bits per heavy atom. The lowest BCUT2D eigenvalue weighted by Crippen LogP contribution is -2.31. The number of nitrogens with zero attached hydrogens (tertiary/aromatic N) is 4. The fourth-order valence-electron chi connectivity index (χ4n) is 5.27. The molecule has 212 valence electrons. The lowest BCUT2D eigenvalue weighted by atomic mass is 10.0. The summed E-state index contributed by atoms with van der Waals surface area (Å²) in [6.45, 7) is 5.67. The molecule has 2 atom stereocenters. The van der Waals surface area contributed by atoms with Gasteiger partial charge in [-0.15, -0.1) is 0 Å². The Kier molecular flexibility index (Phi) is 7.02. The molecule has 0 bridgehead atoms. The number of nitrogens with two attached hydrogens (primary N) is 1. The first kappa shape index (κ1) is 27.8. The van der Waals surface area contributed by atoms with Crippen molar-refractivity contribution in [2.45, 2.75) is 45.8 Å². The number of nitrogens with one attached hydrogen (secondary N) is 1. The highest BCUT2D eigenvalue weighted by molar-refractivity contribution is 6.09. The monoisotopic (exact) mass is 564 g/mol. The zero-order valence-corrected chi connectivity index (χ0v) is 22.5. The Balaban J connectivity index is 1.60. The molecule has 0 aliphatic carbocycles. The van der Waals surface area contributed by atoms with E-state index in [0.29, 0.717) is 23.2 Å². The largest absolute Gasteiger partial charge is 0.434 e. The SMILES string of the molecule is CCc1c(-c2ccc(N3C(=O)C(C)CC3C)cc2)nn2cc(C(F)(F)F)nc(C(=O)Nc3cccc(C(N)=O)c3)c12. The first-order chi connectivity index (χ1) is 19.4. The van der Waals surface area contributed by atoms with Gasteiger partial charge in [-0.25, -0.2) is 9.50 Å². The lowest BCUT2D eigenvalue weighted by molar-refractivity contribution is -0.141. The number of benzene rings is 2. The van der Waals surface area contributed by atoms with Crippen LogP contribution in [0.1, 0.15) is 59.3 Å². The second-order valence-corrected chi connectivity index (χ2v) is 10.1. The van der Waals surface area contributed by atoms with Gasteiger partial charge in [-0.1, -0.05) is 32.0 Å². The van der Waals surface area contributed by atoms with E-state index in [1.54, 1.807) is 36.1 Å². The fourth-order valence-corrected chi connectivity index (χ4v) is 5.27. The number of halogens is 3. The third kappa shape index (κ3) is 5.12. The van der Waals surface area contributed by atoms with Crippen LogP contribution in [-0.2, 0) is 17.4 Å². The molecule has 12 heteroatoms. The van der Waals surface area contributed by atoms with Crippen LogP contribution >= 0.6 is 0 Å². The summed E-state index contributed by atoms with van der Waals surface area (Å²) in [6, 6.07) is 12.9. The first-order valence-electron chi connectivity index (χ1n) is 13.0. The average Bonchev–Trinajstić information content (AvgIpc) is 3.43. The van der Waals surface area contributed by atoms with E-state index in [4.69, 9.17) is 5.73 Å². The number of aromatic nitrogens is 3. The van der Waals surface area contributed by atoms with E-state index in [2.05, 4.69) is 15.4 Å². The Bertz CT molecular complexity index is 1680. The third-order valence-corrected chi connectivity index (χ3v) is 7.19. The molecular weight excluding hydrogens is 537 g/mol. The maximum Gasteiger partial charge on any atom is 0.434 e. The molecule has 3 amide bonds. The van der Waals surface area contributed by atoms with Crippen LogP contribution in [0.5, 0.6) is 0 Å². The van der Waals surface area contributed by atoms with Crippen molar-refractivity contribution in [3.63, 3.8) is 0 Å². The number of anilines is 2. The van der Waals surface area contributed by atoms with E-state index in [1.807, 2.05) is 13.8 Å². The van der Waals surface area contributed by atoms with Gasteiger partial charge in [-0.3, -0.25) is 14.4 Å². The molecule has 2 aromatic heterocycles. The van der Waals surface area contributed by atoms with Crippen LogP contribution in [0.4, 0.5) is 24.5 Å². The molecule has 1 fully saturated rings. The predicted octanol–water partition coefficient (Wildman–Crippen LogP) is 5.09. The maximum absolute atomic E-state index is 13.8. The minimum absolute atomic E-state index is 0.0370. The smallest absolute Gasteiger partial charge is 0.366 e. The molecule has 4 aromatic rings. The van der Waals surface area contributed by atoms with Crippen molar-refractivity contribution >= 4 is 34.6 Å². The van der Waals surface area contributed by atoms with Gasteiger partial charge in [0.2, 0.25) is 11.8 Å². The molecule has 1 aliphatic heterocycles. The summed E-state index contributed by atoms with van der Waals surface area (Å²) >= 11 is 0. The number of amides is 3. The summed E-state index contributed by atoms with van der Waals surface area (Å²) in [6.07, 6.45) is -3.00. The van der Waals surface area contributed by atoms with Crippen molar-refractivity contribution < 1.29 is 27.6 Å². The van der Waals surface area contributed by atoms with Crippen LogP contribution in [0.25, 0.3) is 16.8 Å². The van der Waals surface area contributed by atoms with Crippen molar-refractivity contribution in [3.05, 3.63) is 77.2 Å². The van der Waals surface area contributed by atoms with Crippen LogP contribution < -0.4 is 16.0 Å². The average molecular weight is 565 g/mol. The normalized spacial score (nSPS) is 17.3. The third-order valence-electron chi connectivity index (χ3n) is 7.19. The van der Waals surface area contributed by atoms with Crippen molar-refractivity contribution in [2.75, 3.05) is 10.2 Å². The second kappa shape index (κ2) is 10.3. The molecule has 3 heterocycles. The minimum atomic E-state index is -4.84. The number of aryl methyl sites for hydroxylation is 1. The molecule has 2 unspecified atom stereocenters. The number of primary amides is 1. The minimum Gasteiger partial charge on any atom is -0.366 e. The van der Waals surface area contributed by atoms with Gasteiger partial charge in [0, 0.05) is 40.0 Å². The Labute approximate surface area is 233 Å². The van der Waals surface area contributed by atoms with E-state index in [-0.39, 0.29) is 34.6 Å². The zero-order valence-electron chi connectivity index (χ0n) is 22.5. The number of carbonyl (C=O) groups excluding carboxylic acids is 3. The number of fused-ring (bicyclic) bond motifs is 1. The van der Waals surface area contributed by atoms with Crippen LogP contribution in [0, 0.1) is 5.92 Å². The molecule has 0 saturated carbocycles. The van der Waals surface area contributed by atoms with Gasteiger partial charge in [-0.05, 0) is 50.1 Å². The molecule has 9 nitrogen and oxygen atoms in total. The molecule has 5 rings (SSSR count). The Morgan fingerprint density at radius 1 is 1.12 bits per heavy atom. The molecule has 3 N–H and O–H groups in total. The molecule has 1 aliphatic rings. The predicted molar refractivity (Wildman–Crippen MR) is 146 cm³/mol. The van der Waals surface area contributed by atoms with E-state index in [9.17, 15) is 27.6 Å². The van der Waals surface area contributed by atoms with Crippen LogP contribution in [0.15, 0.2) is 54.7 Å². The van der Waals surface area contributed by atoms with Gasteiger partial charge in [-0.2, -0.15) is 18.3 Å². The summed E-state index contributed by atoms with van der Waals surface area (Å²) in [5.74, 6) is -1.67. The van der Waals surface area contributed by atoms with Crippen molar-refractivity contribution in [1.82, 2.24) is 14.6 Å². The van der Waals surface area contributed by atoms with Gasteiger partial charge >= 0.3 is 6.18 Å². The molecular formula is C29H27F3N6O3. The van der Waals surface area contributed by atoms with Gasteiger partial charge < -0.3 is 16.0 Å². The second-order valence-electron chi connectivity index (χ2n) is 10.1. The standard InChI is InChI=1S/C29H27F3N6O3/c1-4-21-23(17-8-10-20(11-9-17)38-16(3)12-15(2)28(38)41)36-37-14-22(29(30,31)32)35-24(25(21)37)27(40)34-19-7-5-6-18(13-19)26(33)39/h5-11,13-16H,4,12H2,1-3H3,(H2,33,39)(H,34,40). The van der Waals surface area contributed by atoms with E-state index in [1.165, 1.54) is 24.3 Å².